The van der Waals surface area contributed by atoms with Gasteiger partial charge in [-0.3, -0.25) is 19.4 Å². The summed E-state index contributed by atoms with van der Waals surface area (Å²) in [6.45, 7) is 2.88. The molecule has 3 rings (SSSR count). The number of nitrogens with zero attached hydrogens (tertiary/aromatic N) is 2. The van der Waals surface area contributed by atoms with Crippen LogP contribution < -0.4 is 10.6 Å². The summed E-state index contributed by atoms with van der Waals surface area (Å²) in [5.74, 6) is -0.0822. The number of carbonyl (C=O) groups excluding carboxylic acids is 3. The first kappa shape index (κ1) is 20.7. The summed E-state index contributed by atoms with van der Waals surface area (Å²) >= 11 is 0. The van der Waals surface area contributed by atoms with Crippen molar-refractivity contribution in [2.24, 2.45) is 5.92 Å². The molecule has 1 saturated heterocycles. The Morgan fingerprint density at radius 1 is 1.21 bits per heavy atom. The fraction of sp³-hybridized carbons (Fsp3) is 0.364. The Kier molecular flexibility index (Phi) is 6.72. The zero-order chi connectivity index (χ0) is 20.8. The van der Waals surface area contributed by atoms with Gasteiger partial charge >= 0.3 is 0 Å². The van der Waals surface area contributed by atoms with Crippen LogP contribution in [-0.4, -0.2) is 54.2 Å². The van der Waals surface area contributed by atoms with Crippen molar-refractivity contribution < 1.29 is 14.4 Å². The number of carbonyl (C=O) groups is 3. The summed E-state index contributed by atoms with van der Waals surface area (Å²) in [7, 11) is 1.81. The number of anilines is 1. The molecule has 2 amide bonds. The average Bonchev–Trinajstić information content (AvgIpc) is 2.71. The van der Waals surface area contributed by atoms with Gasteiger partial charge in [0.2, 0.25) is 11.8 Å². The molecule has 0 radical (unpaired) electrons. The van der Waals surface area contributed by atoms with Crippen molar-refractivity contribution in [1.82, 2.24) is 15.2 Å². The van der Waals surface area contributed by atoms with Crippen molar-refractivity contribution in [3.8, 4) is 11.1 Å². The number of benzene rings is 1. The van der Waals surface area contributed by atoms with Gasteiger partial charge in [-0.1, -0.05) is 30.3 Å². The van der Waals surface area contributed by atoms with Gasteiger partial charge in [-0.2, -0.15) is 0 Å². The largest absolute Gasteiger partial charge is 0.346 e. The van der Waals surface area contributed by atoms with Crippen LogP contribution in [0.4, 0.5) is 5.69 Å². The summed E-state index contributed by atoms with van der Waals surface area (Å²) in [6, 6.07) is 11.4. The van der Waals surface area contributed by atoms with E-state index >= 15 is 0 Å². The lowest BCUT2D eigenvalue weighted by molar-refractivity contribution is -0.133. The molecule has 7 nitrogen and oxygen atoms in total. The van der Waals surface area contributed by atoms with Crippen molar-refractivity contribution in [2.45, 2.75) is 19.8 Å². The maximum Gasteiger partial charge on any atom is 0.238 e. The molecule has 152 valence electrons. The third kappa shape index (κ3) is 5.48. The number of aromatic nitrogens is 1. The molecule has 1 fully saturated rings. The summed E-state index contributed by atoms with van der Waals surface area (Å²) in [5.41, 5.74) is 2.42. The van der Waals surface area contributed by atoms with Crippen LogP contribution in [-0.2, 0) is 9.59 Å². The van der Waals surface area contributed by atoms with Gasteiger partial charge in [-0.05, 0) is 30.5 Å². The predicted molar refractivity (Wildman–Crippen MR) is 112 cm³/mol. The van der Waals surface area contributed by atoms with Crippen LogP contribution >= 0.6 is 0 Å². The van der Waals surface area contributed by atoms with Gasteiger partial charge in [0.05, 0.1) is 12.2 Å². The Morgan fingerprint density at radius 3 is 2.66 bits per heavy atom. The standard InChI is InChI=1S/C22H26N4O3/c1-15(27)22-19(11-18(13-24-22)17-6-4-3-5-7-17)25-20(28)14-23-12-16-8-9-26(2)21(29)10-16/h3-7,11,13,16,23H,8-10,12,14H2,1-2H3,(H,25,28). The van der Waals surface area contributed by atoms with E-state index in [0.29, 0.717) is 18.7 Å². The number of likely N-dealkylation sites (tertiary alicyclic amines) is 1. The quantitative estimate of drug-likeness (QED) is 0.704. The van der Waals surface area contributed by atoms with Crippen LogP contribution in [0.3, 0.4) is 0 Å². The summed E-state index contributed by atoms with van der Waals surface area (Å²) in [6.07, 6.45) is 3.06. The monoisotopic (exact) mass is 394 g/mol. The van der Waals surface area contributed by atoms with Crippen molar-refractivity contribution in [1.29, 1.82) is 0 Å². The summed E-state index contributed by atoms with van der Waals surface area (Å²) in [5, 5.41) is 5.91. The van der Waals surface area contributed by atoms with Crippen LogP contribution in [0.5, 0.6) is 0 Å². The molecular formula is C22H26N4O3. The van der Waals surface area contributed by atoms with Crippen molar-refractivity contribution in [3.63, 3.8) is 0 Å². The molecule has 0 saturated carbocycles. The van der Waals surface area contributed by atoms with Gasteiger partial charge in [-0.25, -0.2) is 0 Å². The van der Waals surface area contributed by atoms with Crippen LogP contribution in [0.15, 0.2) is 42.6 Å². The number of amides is 2. The number of hydrogen-bond donors (Lipinski definition) is 2. The normalized spacial score (nSPS) is 16.6. The molecule has 1 aliphatic rings. The molecule has 2 N–H and O–H groups in total. The number of rotatable bonds is 7. The highest BCUT2D eigenvalue weighted by Gasteiger charge is 2.23. The number of Topliss-reactive ketones (excluding diaryl/α,β-unsaturated/α-hetero) is 1. The smallest absolute Gasteiger partial charge is 0.238 e. The minimum Gasteiger partial charge on any atom is -0.346 e. The van der Waals surface area contributed by atoms with Crippen LogP contribution in [0, 0.1) is 5.92 Å². The van der Waals surface area contributed by atoms with E-state index in [1.165, 1.54) is 6.92 Å². The lowest BCUT2D eigenvalue weighted by Crippen LogP contribution is -2.40. The van der Waals surface area contributed by atoms with Gasteiger partial charge in [0.25, 0.3) is 0 Å². The van der Waals surface area contributed by atoms with E-state index in [0.717, 1.165) is 24.1 Å². The lowest BCUT2D eigenvalue weighted by Gasteiger charge is -2.28. The van der Waals surface area contributed by atoms with E-state index < -0.39 is 0 Å². The third-order valence-corrected chi connectivity index (χ3v) is 5.08. The molecule has 2 aromatic rings. The van der Waals surface area contributed by atoms with Crippen LogP contribution in [0.25, 0.3) is 11.1 Å². The summed E-state index contributed by atoms with van der Waals surface area (Å²) in [4.78, 5) is 42.1. The molecule has 7 heteroatoms. The van der Waals surface area contributed by atoms with E-state index in [2.05, 4.69) is 15.6 Å². The lowest BCUT2D eigenvalue weighted by atomic mass is 9.96. The maximum absolute atomic E-state index is 12.4. The molecular weight excluding hydrogens is 368 g/mol. The van der Waals surface area contributed by atoms with E-state index in [4.69, 9.17) is 0 Å². The fourth-order valence-corrected chi connectivity index (χ4v) is 3.39. The molecule has 1 aromatic heterocycles. The second kappa shape index (κ2) is 9.43. The molecule has 1 unspecified atom stereocenters. The Hall–Kier alpha value is -3.06. The third-order valence-electron chi connectivity index (χ3n) is 5.08. The van der Waals surface area contributed by atoms with Crippen molar-refractivity contribution in [2.75, 3.05) is 32.0 Å². The first-order valence-electron chi connectivity index (χ1n) is 9.75. The van der Waals surface area contributed by atoms with Crippen LogP contribution in [0.2, 0.25) is 0 Å². The second-order valence-electron chi connectivity index (χ2n) is 7.40. The highest BCUT2D eigenvalue weighted by atomic mass is 16.2. The SMILES string of the molecule is CC(=O)c1ncc(-c2ccccc2)cc1NC(=O)CNCC1CCN(C)C(=O)C1. The van der Waals surface area contributed by atoms with E-state index in [1.54, 1.807) is 17.2 Å². The topological polar surface area (TPSA) is 91.4 Å². The van der Waals surface area contributed by atoms with Gasteiger partial charge in [0, 0.05) is 38.7 Å². The highest BCUT2D eigenvalue weighted by molar-refractivity contribution is 6.03. The Morgan fingerprint density at radius 2 is 1.97 bits per heavy atom. The molecule has 1 aliphatic heterocycles. The molecule has 0 aliphatic carbocycles. The molecule has 1 aromatic carbocycles. The number of piperidine rings is 1. The van der Waals surface area contributed by atoms with Gasteiger partial charge in [0.1, 0.15) is 5.69 Å². The number of ketones is 1. The van der Waals surface area contributed by atoms with Crippen LogP contribution in [0.1, 0.15) is 30.3 Å². The average molecular weight is 394 g/mol. The van der Waals surface area contributed by atoms with Crippen molar-refractivity contribution >= 4 is 23.3 Å². The van der Waals surface area contributed by atoms with E-state index in [-0.39, 0.29) is 35.8 Å². The first-order chi connectivity index (χ1) is 13.9. The summed E-state index contributed by atoms with van der Waals surface area (Å²) < 4.78 is 0. The Balaban J connectivity index is 1.61. The fourth-order valence-electron chi connectivity index (χ4n) is 3.39. The molecule has 0 spiro atoms. The second-order valence-corrected chi connectivity index (χ2v) is 7.40. The molecule has 1 atom stereocenters. The number of nitrogens with one attached hydrogen (secondary N) is 2. The first-order valence-corrected chi connectivity index (χ1v) is 9.75. The Bertz CT molecular complexity index is 898. The van der Waals surface area contributed by atoms with E-state index in [1.807, 2.05) is 37.4 Å². The molecule has 0 bridgehead atoms. The minimum atomic E-state index is -0.251. The number of hydrogen-bond acceptors (Lipinski definition) is 5. The minimum absolute atomic E-state index is 0.105. The van der Waals surface area contributed by atoms with Gasteiger partial charge < -0.3 is 15.5 Å². The zero-order valence-corrected chi connectivity index (χ0v) is 16.8. The molecule has 2 heterocycles. The maximum atomic E-state index is 12.4. The molecule has 29 heavy (non-hydrogen) atoms. The van der Waals surface area contributed by atoms with Crippen molar-refractivity contribution in [3.05, 3.63) is 48.3 Å². The number of pyridine rings is 1. The van der Waals surface area contributed by atoms with E-state index in [9.17, 15) is 14.4 Å². The van der Waals surface area contributed by atoms with Gasteiger partial charge in [0.15, 0.2) is 5.78 Å². The predicted octanol–water partition coefficient (Wildman–Crippen LogP) is 2.35. The van der Waals surface area contributed by atoms with Gasteiger partial charge in [-0.15, -0.1) is 0 Å². The zero-order valence-electron chi connectivity index (χ0n) is 16.8. The Labute approximate surface area is 170 Å². The highest BCUT2D eigenvalue weighted by Crippen LogP contribution is 2.24.